The van der Waals surface area contributed by atoms with Crippen molar-refractivity contribution in [2.45, 2.75) is 13.0 Å². The monoisotopic (exact) mass is 179 g/mol. The molecule has 0 radical (unpaired) electrons. The van der Waals surface area contributed by atoms with Crippen molar-refractivity contribution in [3.05, 3.63) is 39.4 Å². The lowest BCUT2D eigenvalue weighted by Crippen LogP contribution is -1.92. The van der Waals surface area contributed by atoms with Crippen molar-refractivity contribution in [3.63, 3.8) is 0 Å². The fourth-order valence-electron chi connectivity index (χ4n) is 1.32. The average molecular weight is 179 g/mol. The highest BCUT2D eigenvalue weighted by atomic mass is 16.6. The van der Waals surface area contributed by atoms with E-state index in [1.807, 2.05) is 6.92 Å². The summed E-state index contributed by atoms with van der Waals surface area (Å²) < 4.78 is 5.09. The molecule has 1 fully saturated rings. The van der Waals surface area contributed by atoms with Gasteiger partial charge in [0.25, 0.3) is 5.69 Å². The predicted molar refractivity (Wildman–Crippen MR) is 46.5 cm³/mol. The quantitative estimate of drug-likeness (QED) is 0.396. The molecule has 1 heterocycles. The van der Waals surface area contributed by atoms with Crippen LogP contribution in [0.5, 0.6) is 0 Å². The second-order valence-corrected chi connectivity index (χ2v) is 3.12. The van der Waals surface area contributed by atoms with Crippen LogP contribution < -0.4 is 0 Å². The molecule has 4 nitrogen and oxygen atoms in total. The molecule has 0 spiro atoms. The Kier molecular flexibility index (Phi) is 1.77. The zero-order valence-corrected chi connectivity index (χ0v) is 7.19. The van der Waals surface area contributed by atoms with Gasteiger partial charge in [0.15, 0.2) is 0 Å². The van der Waals surface area contributed by atoms with Gasteiger partial charge in [-0.1, -0.05) is 6.07 Å². The molecule has 0 bridgehead atoms. The molecule has 4 heteroatoms. The van der Waals surface area contributed by atoms with E-state index in [9.17, 15) is 10.1 Å². The SMILES string of the molecule is Cc1ccc([N+](=O)[O-])cc1[C@H]1CO1. The van der Waals surface area contributed by atoms with Crippen molar-refractivity contribution in [1.29, 1.82) is 0 Å². The molecule has 1 aliphatic rings. The Morgan fingerprint density at radius 3 is 2.85 bits per heavy atom. The molecule has 0 amide bonds. The van der Waals surface area contributed by atoms with E-state index in [0.717, 1.165) is 11.1 Å². The molecule has 1 aliphatic heterocycles. The molecule has 2 rings (SSSR count). The Balaban J connectivity index is 2.41. The van der Waals surface area contributed by atoms with Crippen LogP contribution in [0.1, 0.15) is 17.2 Å². The lowest BCUT2D eigenvalue weighted by atomic mass is 10.1. The Bertz CT molecular complexity index is 358. The van der Waals surface area contributed by atoms with Crippen LogP contribution >= 0.6 is 0 Å². The molecule has 1 aromatic carbocycles. The van der Waals surface area contributed by atoms with Gasteiger partial charge in [-0.2, -0.15) is 0 Å². The smallest absolute Gasteiger partial charge is 0.269 e. The van der Waals surface area contributed by atoms with E-state index in [1.54, 1.807) is 12.1 Å². The molecule has 1 saturated heterocycles. The summed E-state index contributed by atoms with van der Waals surface area (Å²) in [5.41, 5.74) is 2.12. The molecule has 68 valence electrons. The Morgan fingerprint density at radius 2 is 2.31 bits per heavy atom. The van der Waals surface area contributed by atoms with Crippen LogP contribution in [0.4, 0.5) is 5.69 Å². The number of nitro benzene ring substituents is 1. The van der Waals surface area contributed by atoms with Crippen molar-refractivity contribution in [2.75, 3.05) is 6.61 Å². The van der Waals surface area contributed by atoms with Gasteiger partial charge in [-0.15, -0.1) is 0 Å². The van der Waals surface area contributed by atoms with Crippen molar-refractivity contribution < 1.29 is 9.66 Å². The van der Waals surface area contributed by atoms with Crippen LogP contribution in [0.25, 0.3) is 0 Å². The maximum atomic E-state index is 10.5. The number of hydrogen-bond donors (Lipinski definition) is 0. The van der Waals surface area contributed by atoms with E-state index in [-0.39, 0.29) is 16.7 Å². The van der Waals surface area contributed by atoms with Crippen LogP contribution in [0.3, 0.4) is 0 Å². The first kappa shape index (κ1) is 8.19. The third-order valence-corrected chi connectivity index (χ3v) is 2.15. The molecule has 0 aromatic heterocycles. The highest BCUT2D eigenvalue weighted by Gasteiger charge is 2.27. The highest BCUT2D eigenvalue weighted by molar-refractivity contribution is 5.41. The van der Waals surface area contributed by atoms with Gasteiger partial charge in [0.05, 0.1) is 11.5 Å². The maximum Gasteiger partial charge on any atom is 0.269 e. The molecule has 0 aliphatic carbocycles. The molecule has 13 heavy (non-hydrogen) atoms. The van der Waals surface area contributed by atoms with Crippen LogP contribution in [0, 0.1) is 17.0 Å². The number of benzene rings is 1. The standard InChI is InChI=1S/C9H9NO3/c1-6-2-3-7(10(11)12)4-8(6)9-5-13-9/h2-4,9H,5H2,1H3/t9-/m1/s1. The van der Waals surface area contributed by atoms with Crippen molar-refractivity contribution in [1.82, 2.24) is 0 Å². The van der Waals surface area contributed by atoms with E-state index < -0.39 is 0 Å². The topological polar surface area (TPSA) is 55.7 Å². The van der Waals surface area contributed by atoms with Gasteiger partial charge in [-0.25, -0.2) is 0 Å². The highest BCUT2D eigenvalue weighted by Crippen LogP contribution is 2.33. The predicted octanol–water partition coefficient (Wildman–Crippen LogP) is 1.97. The van der Waals surface area contributed by atoms with Gasteiger partial charge in [0, 0.05) is 12.1 Å². The summed E-state index contributed by atoms with van der Waals surface area (Å²) in [7, 11) is 0. The van der Waals surface area contributed by atoms with E-state index in [0.29, 0.717) is 6.61 Å². The summed E-state index contributed by atoms with van der Waals surface area (Å²) in [4.78, 5) is 10.1. The zero-order valence-electron chi connectivity index (χ0n) is 7.19. The van der Waals surface area contributed by atoms with Gasteiger partial charge < -0.3 is 4.74 Å². The van der Waals surface area contributed by atoms with E-state index in [1.165, 1.54) is 6.07 Å². The first-order chi connectivity index (χ1) is 6.18. The molecule has 0 unspecified atom stereocenters. The second kappa shape index (κ2) is 2.81. The summed E-state index contributed by atoms with van der Waals surface area (Å²) in [6.45, 7) is 2.61. The third kappa shape index (κ3) is 1.53. The molecular weight excluding hydrogens is 170 g/mol. The normalized spacial score (nSPS) is 19.9. The number of hydrogen-bond acceptors (Lipinski definition) is 3. The van der Waals surface area contributed by atoms with Crippen molar-refractivity contribution in [2.24, 2.45) is 0 Å². The number of rotatable bonds is 2. The number of non-ortho nitro benzene ring substituents is 1. The average Bonchev–Trinajstić information content (AvgIpc) is 2.87. The van der Waals surface area contributed by atoms with Gasteiger partial charge in [0.2, 0.25) is 0 Å². The van der Waals surface area contributed by atoms with Crippen LogP contribution in [0.15, 0.2) is 18.2 Å². The van der Waals surface area contributed by atoms with Crippen LogP contribution in [-0.2, 0) is 4.74 Å². The Morgan fingerprint density at radius 1 is 1.62 bits per heavy atom. The van der Waals surface area contributed by atoms with Gasteiger partial charge >= 0.3 is 0 Å². The van der Waals surface area contributed by atoms with Gasteiger partial charge in [-0.3, -0.25) is 10.1 Å². The number of aryl methyl sites for hydroxylation is 1. The second-order valence-electron chi connectivity index (χ2n) is 3.12. The summed E-state index contributed by atoms with van der Waals surface area (Å²) in [6.07, 6.45) is 0.0832. The van der Waals surface area contributed by atoms with Crippen molar-refractivity contribution in [3.8, 4) is 0 Å². The minimum absolute atomic E-state index is 0.0832. The largest absolute Gasteiger partial charge is 0.368 e. The van der Waals surface area contributed by atoms with Crippen molar-refractivity contribution >= 4 is 5.69 Å². The van der Waals surface area contributed by atoms with Crippen LogP contribution in [0.2, 0.25) is 0 Å². The molecular formula is C9H9NO3. The van der Waals surface area contributed by atoms with Gasteiger partial charge in [-0.05, 0) is 18.1 Å². The number of nitro groups is 1. The maximum absolute atomic E-state index is 10.5. The van der Waals surface area contributed by atoms with Crippen LogP contribution in [-0.4, -0.2) is 11.5 Å². The van der Waals surface area contributed by atoms with Gasteiger partial charge in [0.1, 0.15) is 6.10 Å². The minimum atomic E-state index is -0.384. The zero-order chi connectivity index (χ0) is 9.42. The number of epoxide rings is 1. The van der Waals surface area contributed by atoms with E-state index >= 15 is 0 Å². The summed E-state index contributed by atoms with van der Waals surface area (Å²) >= 11 is 0. The fourth-order valence-corrected chi connectivity index (χ4v) is 1.32. The number of ether oxygens (including phenoxy) is 1. The Hall–Kier alpha value is -1.42. The summed E-state index contributed by atoms with van der Waals surface area (Å²) in [5, 5.41) is 10.5. The fraction of sp³-hybridized carbons (Fsp3) is 0.333. The van der Waals surface area contributed by atoms with E-state index in [4.69, 9.17) is 4.74 Å². The summed E-state index contributed by atoms with van der Waals surface area (Å²) in [6, 6.07) is 4.86. The molecule has 1 aromatic rings. The Labute approximate surface area is 75.3 Å². The minimum Gasteiger partial charge on any atom is -0.368 e. The lowest BCUT2D eigenvalue weighted by Gasteiger charge is -2.00. The first-order valence-corrected chi connectivity index (χ1v) is 4.05. The molecule has 0 N–H and O–H groups in total. The van der Waals surface area contributed by atoms with E-state index in [2.05, 4.69) is 0 Å². The first-order valence-electron chi connectivity index (χ1n) is 4.05. The molecule has 0 saturated carbocycles. The third-order valence-electron chi connectivity index (χ3n) is 2.15. The number of nitrogens with zero attached hydrogens (tertiary/aromatic N) is 1. The lowest BCUT2D eigenvalue weighted by molar-refractivity contribution is -0.384. The summed E-state index contributed by atoms with van der Waals surface area (Å²) in [5.74, 6) is 0. The molecule has 1 atom stereocenters.